The van der Waals surface area contributed by atoms with Gasteiger partial charge in [-0.1, -0.05) is 0 Å². The van der Waals surface area contributed by atoms with Crippen molar-refractivity contribution in [2.75, 3.05) is 46.8 Å². The van der Waals surface area contributed by atoms with Gasteiger partial charge in [-0.2, -0.15) is 0 Å². The zero-order valence-electron chi connectivity index (χ0n) is 12.2. The molecule has 0 fully saturated rings. The number of rotatable bonds is 11. The lowest BCUT2D eigenvalue weighted by molar-refractivity contribution is 0.0179. The Morgan fingerprint density at radius 3 is 2.25 bits per heavy atom. The third-order valence-electron chi connectivity index (χ3n) is 2.53. The summed E-state index contributed by atoms with van der Waals surface area (Å²) in [6.45, 7) is 5.20. The van der Waals surface area contributed by atoms with E-state index in [0.29, 0.717) is 45.4 Å². The zero-order valence-corrected chi connectivity index (χ0v) is 12.2. The van der Waals surface area contributed by atoms with Crippen LogP contribution in [0.2, 0.25) is 0 Å². The Kier molecular flexibility index (Phi) is 8.90. The number of nitrogens with two attached hydrogens (primary N) is 1. The van der Waals surface area contributed by atoms with E-state index in [1.54, 1.807) is 13.3 Å². The van der Waals surface area contributed by atoms with Crippen molar-refractivity contribution in [3.8, 4) is 5.75 Å². The Bertz CT molecular complexity index is 344. The van der Waals surface area contributed by atoms with Crippen LogP contribution in [0.25, 0.3) is 0 Å². The Balaban J connectivity index is 2.01. The molecule has 1 heterocycles. The molecule has 1 atom stereocenters. The molecule has 0 spiro atoms. The molecule has 114 valence electrons. The molecule has 0 saturated heterocycles. The third-order valence-corrected chi connectivity index (χ3v) is 2.53. The van der Waals surface area contributed by atoms with E-state index in [0.717, 1.165) is 5.69 Å². The van der Waals surface area contributed by atoms with Crippen molar-refractivity contribution in [2.45, 2.75) is 13.0 Å². The van der Waals surface area contributed by atoms with Gasteiger partial charge >= 0.3 is 0 Å². The maximum absolute atomic E-state index is 5.72. The maximum atomic E-state index is 5.72. The van der Waals surface area contributed by atoms with Gasteiger partial charge in [-0.15, -0.1) is 0 Å². The first-order valence-electron chi connectivity index (χ1n) is 6.72. The van der Waals surface area contributed by atoms with Gasteiger partial charge < -0.3 is 24.7 Å². The molecule has 1 rings (SSSR count). The topological polar surface area (TPSA) is 75.8 Å². The van der Waals surface area contributed by atoms with Crippen molar-refractivity contribution >= 4 is 0 Å². The normalized spacial score (nSPS) is 12.3. The average molecular weight is 284 g/mol. The lowest BCUT2D eigenvalue weighted by atomic mass is 10.2. The molecule has 0 aromatic carbocycles. The van der Waals surface area contributed by atoms with E-state index in [1.807, 2.05) is 19.1 Å². The van der Waals surface area contributed by atoms with Crippen LogP contribution in [-0.2, 0) is 14.2 Å². The molecule has 0 aliphatic rings. The molecular weight excluding hydrogens is 260 g/mol. The molecule has 20 heavy (non-hydrogen) atoms. The van der Waals surface area contributed by atoms with Crippen LogP contribution in [0.4, 0.5) is 0 Å². The van der Waals surface area contributed by atoms with Crippen molar-refractivity contribution in [1.82, 2.24) is 4.98 Å². The molecule has 6 nitrogen and oxygen atoms in total. The summed E-state index contributed by atoms with van der Waals surface area (Å²) in [6.07, 6.45) is 1.67. The van der Waals surface area contributed by atoms with Gasteiger partial charge in [-0.3, -0.25) is 4.98 Å². The van der Waals surface area contributed by atoms with Gasteiger partial charge in [0, 0.05) is 13.2 Å². The predicted molar refractivity (Wildman–Crippen MR) is 75.8 cm³/mol. The minimum absolute atomic E-state index is 0.0644. The first-order valence-corrected chi connectivity index (χ1v) is 6.72. The number of aromatic nitrogens is 1. The number of ether oxygens (including phenoxy) is 4. The van der Waals surface area contributed by atoms with E-state index in [-0.39, 0.29) is 6.04 Å². The zero-order chi connectivity index (χ0) is 14.6. The fraction of sp³-hybridized carbons (Fsp3) is 0.643. The van der Waals surface area contributed by atoms with Crippen molar-refractivity contribution in [1.29, 1.82) is 0 Å². The summed E-state index contributed by atoms with van der Waals surface area (Å²) in [7, 11) is 1.65. The highest BCUT2D eigenvalue weighted by Gasteiger charge is 2.01. The second kappa shape index (κ2) is 10.6. The Morgan fingerprint density at radius 2 is 1.70 bits per heavy atom. The molecule has 0 aliphatic heterocycles. The summed E-state index contributed by atoms with van der Waals surface area (Å²) in [6, 6.07) is 3.66. The summed E-state index contributed by atoms with van der Waals surface area (Å²) in [5, 5.41) is 0. The minimum Gasteiger partial charge on any atom is -0.490 e. The third kappa shape index (κ3) is 7.40. The first kappa shape index (κ1) is 16.8. The number of hydrogen-bond acceptors (Lipinski definition) is 6. The molecule has 1 aromatic heterocycles. The summed E-state index contributed by atoms with van der Waals surface area (Å²) < 4.78 is 21.0. The molecule has 0 unspecified atom stereocenters. The van der Waals surface area contributed by atoms with Crippen LogP contribution in [0, 0.1) is 0 Å². The van der Waals surface area contributed by atoms with Crippen LogP contribution >= 0.6 is 0 Å². The number of methoxy groups -OCH3 is 1. The van der Waals surface area contributed by atoms with Crippen LogP contribution in [0.15, 0.2) is 18.3 Å². The van der Waals surface area contributed by atoms with E-state index in [2.05, 4.69) is 4.98 Å². The molecule has 0 amide bonds. The van der Waals surface area contributed by atoms with Crippen LogP contribution in [0.1, 0.15) is 18.7 Å². The van der Waals surface area contributed by atoms with Crippen LogP contribution in [0.3, 0.4) is 0 Å². The van der Waals surface area contributed by atoms with Crippen molar-refractivity contribution in [3.05, 3.63) is 24.0 Å². The molecule has 0 bridgehead atoms. The summed E-state index contributed by atoms with van der Waals surface area (Å²) in [5.41, 5.74) is 6.57. The quantitative estimate of drug-likeness (QED) is 0.615. The fourth-order valence-corrected chi connectivity index (χ4v) is 1.43. The number of hydrogen-bond donors (Lipinski definition) is 1. The van der Waals surface area contributed by atoms with E-state index in [4.69, 9.17) is 24.7 Å². The Morgan fingerprint density at radius 1 is 1.05 bits per heavy atom. The molecule has 6 heteroatoms. The van der Waals surface area contributed by atoms with Gasteiger partial charge in [0.2, 0.25) is 0 Å². The van der Waals surface area contributed by atoms with Gasteiger partial charge in [0.15, 0.2) is 0 Å². The second-order valence-corrected chi connectivity index (χ2v) is 4.27. The molecule has 0 aliphatic carbocycles. The van der Waals surface area contributed by atoms with Crippen molar-refractivity contribution in [3.63, 3.8) is 0 Å². The van der Waals surface area contributed by atoms with E-state index >= 15 is 0 Å². The molecule has 2 N–H and O–H groups in total. The van der Waals surface area contributed by atoms with Gasteiger partial charge in [-0.25, -0.2) is 0 Å². The predicted octanol–water partition coefficient (Wildman–Crippen LogP) is 1.16. The van der Waals surface area contributed by atoms with Crippen molar-refractivity contribution < 1.29 is 18.9 Å². The van der Waals surface area contributed by atoms with E-state index in [9.17, 15) is 0 Å². The first-order chi connectivity index (χ1) is 9.74. The summed E-state index contributed by atoms with van der Waals surface area (Å²) in [5.74, 6) is 0.717. The van der Waals surface area contributed by atoms with Crippen LogP contribution in [-0.4, -0.2) is 51.7 Å². The second-order valence-electron chi connectivity index (χ2n) is 4.27. The monoisotopic (exact) mass is 284 g/mol. The average Bonchev–Trinajstić information content (AvgIpc) is 2.46. The number of pyridine rings is 1. The van der Waals surface area contributed by atoms with Gasteiger partial charge in [-0.05, 0) is 19.1 Å². The summed E-state index contributed by atoms with van der Waals surface area (Å²) >= 11 is 0. The highest BCUT2D eigenvalue weighted by molar-refractivity contribution is 5.21. The van der Waals surface area contributed by atoms with Gasteiger partial charge in [0.25, 0.3) is 0 Å². The highest BCUT2D eigenvalue weighted by Crippen LogP contribution is 2.12. The van der Waals surface area contributed by atoms with E-state index in [1.165, 1.54) is 0 Å². The SMILES string of the molecule is COCCOCCOCCOc1ccc([C@H](C)N)nc1. The molecule has 1 aromatic rings. The largest absolute Gasteiger partial charge is 0.490 e. The standard InChI is InChI=1S/C14H24N2O4/c1-12(15)14-4-3-13(11-16-14)20-10-9-19-8-7-18-6-5-17-2/h3-4,11-12H,5-10,15H2,1-2H3/t12-/m0/s1. The van der Waals surface area contributed by atoms with Crippen LogP contribution < -0.4 is 10.5 Å². The smallest absolute Gasteiger partial charge is 0.137 e. The molecule has 0 radical (unpaired) electrons. The molecular formula is C14H24N2O4. The minimum atomic E-state index is -0.0644. The van der Waals surface area contributed by atoms with E-state index < -0.39 is 0 Å². The van der Waals surface area contributed by atoms with Crippen LogP contribution in [0.5, 0.6) is 5.75 Å². The lowest BCUT2D eigenvalue weighted by Gasteiger charge is -2.09. The lowest BCUT2D eigenvalue weighted by Crippen LogP contribution is -2.12. The highest BCUT2D eigenvalue weighted by atomic mass is 16.6. The van der Waals surface area contributed by atoms with Crippen molar-refractivity contribution in [2.24, 2.45) is 5.73 Å². The Labute approximate surface area is 120 Å². The molecule has 0 saturated carbocycles. The fourth-order valence-electron chi connectivity index (χ4n) is 1.43. The summed E-state index contributed by atoms with van der Waals surface area (Å²) in [4.78, 5) is 4.21. The maximum Gasteiger partial charge on any atom is 0.137 e. The Hall–Kier alpha value is -1.21. The van der Waals surface area contributed by atoms with Gasteiger partial charge in [0.1, 0.15) is 12.4 Å². The number of nitrogens with zero attached hydrogens (tertiary/aromatic N) is 1. The van der Waals surface area contributed by atoms with Gasteiger partial charge in [0.05, 0.1) is 44.9 Å².